The average Bonchev–Trinajstić information content (AvgIpc) is 3.29. The average molecular weight is 890 g/mol. The molecule has 2 aromatic heterocycles. The van der Waals surface area contributed by atoms with Crippen molar-refractivity contribution in [2.45, 2.75) is 148 Å². The molecule has 9 rings (SSSR count). The van der Waals surface area contributed by atoms with Crippen molar-refractivity contribution in [3.8, 4) is 33.8 Å². The van der Waals surface area contributed by atoms with E-state index in [0.29, 0.717) is 23.8 Å². The number of nitrogens with one attached hydrogen (secondary N) is 1. The van der Waals surface area contributed by atoms with Gasteiger partial charge in [0.15, 0.2) is 11.4 Å². The monoisotopic (exact) mass is 888 g/mol. The van der Waals surface area contributed by atoms with Gasteiger partial charge >= 0.3 is 5.97 Å². The molecule has 0 radical (unpaired) electrons. The van der Waals surface area contributed by atoms with Crippen molar-refractivity contribution >= 4 is 36.7 Å². The molecule has 2 aromatic carbocycles. The van der Waals surface area contributed by atoms with Crippen molar-refractivity contribution in [1.82, 2.24) is 30.6 Å². The number of benzene rings is 2. The molecule has 5 aliphatic rings. The van der Waals surface area contributed by atoms with Gasteiger partial charge in [-0.2, -0.15) is 10.2 Å². The number of rotatable bonds is 15. The Kier molecular flexibility index (Phi) is 19.3. The number of carbonyl (C=O) groups is 2. The van der Waals surface area contributed by atoms with E-state index < -0.39 is 5.97 Å². The summed E-state index contributed by atoms with van der Waals surface area (Å²) in [6, 6.07) is 20.0. The Morgan fingerprint density at radius 3 is 1.52 bits per heavy atom. The number of amides is 1. The summed E-state index contributed by atoms with van der Waals surface area (Å²) in [6.45, 7) is 7.57. The van der Waals surface area contributed by atoms with E-state index in [1.807, 2.05) is 30.3 Å². The Hall–Kier alpha value is -4.32. The topological polar surface area (TPSA) is 140 Å². The number of hydrogen-bond donors (Lipinski definition) is 2. The minimum absolute atomic E-state index is 0. The summed E-state index contributed by atoms with van der Waals surface area (Å²) in [5, 5.41) is 29.4. The molecule has 11 nitrogen and oxygen atoms in total. The van der Waals surface area contributed by atoms with Gasteiger partial charge in [0.05, 0.1) is 23.6 Å². The van der Waals surface area contributed by atoms with Crippen LogP contribution in [0.4, 0.5) is 0 Å². The Bertz CT molecular complexity index is 2000. The number of carboxylic acids is 1. The first-order valence-electron chi connectivity index (χ1n) is 22.9. The lowest BCUT2D eigenvalue weighted by atomic mass is 9.84. The van der Waals surface area contributed by atoms with Crippen molar-refractivity contribution in [2.24, 2.45) is 5.92 Å². The summed E-state index contributed by atoms with van der Waals surface area (Å²) in [4.78, 5) is 26.8. The molecule has 2 aliphatic carbocycles. The number of piperidine rings is 3. The van der Waals surface area contributed by atoms with Crippen LogP contribution in [-0.2, 0) is 12.8 Å². The van der Waals surface area contributed by atoms with Gasteiger partial charge in [-0.25, -0.2) is 4.79 Å². The van der Waals surface area contributed by atoms with Gasteiger partial charge in [0.25, 0.3) is 5.91 Å². The lowest BCUT2D eigenvalue weighted by molar-refractivity contribution is 0.0616. The van der Waals surface area contributed by atoms with Gasteiger partial charge in [-0.05, 0) is 156 Å². The molecular weight excluding hydrogens is 823 g/mol. The maximum atomic E-state index is 13.1. The van der Waals surface area contributed by atoms with E-state index >= 15 is 0 Å². The van der Waals surface area contributed by atoms with Crippen molar-refractivity contribution in [3.05, 3.63) is 83.4 Å². The number of aromatic nitrogens is 4. The van der Waals surface area contributed by atoms with Crippen LogP contribution in [0.2, 0.25) is 0 Å². The Morgan fingerprint density at radius 1 is 0.645 bits per heavy atom. The van der Waals surface area contributed by atoms with Gasteiger partial charge in [-0.3, -0.25) is 4.79 Å². The molecule has 3 aliphatic heterocycles. The third kappa shape index (κ3) is 13.3. The summed E-state index contributed by atoms with van der Waals surface area (Å²) in [5.41, 5.74) is 6.05. The van der Waals surface area contributed by atoms with Gasteiger partial charge in [0, 0.05) is 23.7 Å². The predicted octanol–water partition coefficient (Wildman–Crippen LogP) is 10.8. The molecule has 0 spiro atoms. The van der Waals surface area contributed by atoms with Crippen LogP contribution in [0.3, 0.4) is 0 Å². The van der Waals surface area contributed by atoms with Crippen LogP contribution in [0.1, 0.15) is 149 Å². The highest BCUT2D eigenvalue weighted by atomic mass is 35.5. The number of aryl methyl sites for hydroxylation is 2. The standard InChI is InChI=1S/C28H38N4O2.C21H26N2O3.2ClH/c1-2-3-9-25-24(20-10-12-23(13-11-20)34-22-7-5-4-6-8-22)18-26(31-30-25)28(33)29-27-19-32-16-14-21(27)15-17-32;1-2-3-9-19-18(14-20(21(24)25)23-22-19)15-10-12-17(13-11-15)26-16-7-5-4-6-8-16;;/h10-13,18,21-22,27H,2-9,14-17,19H2,1H3,(H,29,33);10-14,16H,2-9H2,1H3,(H,24,25);2*1H/t27-;;;/m1.../s1. The molecule has 5 heterocycles. The van der Waals surface area contributed by atoms with Gasteiger partial charge in [0.2, 0.25) is 0 Å². The van der Waals surface area contributed by atoms with Gasteiger partial charge in [-0.15, -0.1) is 35.0 Å². The highest BCUT2D eigenvalue weighted by Gasteiger charge is 2.35. The number of fused-ring (bicyclic) bond motifs is 3. The van der Waals surface area contributed by atoms with Crippen molar-refractivity contribution < 1.29 is 24.2 Å². The van der Waals surface area contributed by atoms with E-state index in [1.54, 1.807) is 6.07 Å². The molecule has 4 aromatic rings. The molecule has 336 valence electrons. The number of aromatic carboxylic acids is 1. The largest absolute Gasteiger partial charge is 0.490 e. The van der Waals surface area contributed by atoms with Crippen LogP contribution in [-0.4, -0.2) is 80.2 Å². The van der Waals surface area contributed by atoms with Gasteiger partial charge in [-0.1, -0.05) is 63.8 Å². The number of carbonyl (C=O) groups excluding carboxylic acids is 1. The van der Waals surface area contributed by atoms with E-state index in [4.69, 9.17) is 9.47 Å². The summed E-state index contributed by atoms with van der Waals surface area (Å²) in [6.07, 6.45) is 21.0. The SMILES string of the molecule is CCCCc1nnc(C(=O)N[C@@H]2CN3CCC2CC3)cc1-c1ccc(OC2CCCCC2)cc1.CCCCc1nnc(C(=O)O)cc1-c1ccc(OC2CCCCC2)cc1.Cl.Cl. The van der Waals surface area contributed by atoms with Crippen molar-refractivity contribution in [3.63, 3.8) is 0 Å². The molecule has 3 saturated heterocycles. The van der Waals surface area contributed by atoms with Gasteiger partial charge < -0.3 is 24.8 Å². The molecule has 5 fully saturated rings. The maximum Gasteiger partial charge on any atom is 0.356 e. The number of halogens is 2. The van der Waals surface area contributed by atoms with E-state index in [0.717, 1.165) is 129 Å². The minimum atomic E-state index is -1.06. The smallest absolute Gasteiger partial charge is 0.356 e. The summed E-state index contributed by atoms with van der Waals surface area (Å²) < 4.78 is 12.3. The summed E-state index contributed by atoms with van der Waals surface area (Å²) in [7, 11) is 0. The fourth-order valence-electron chi connectivity index (χ4n) is 9.16. The molecule has 1 atom stereocenters. The number of carboxylic acid groups (broad SMARTS) is 1. The van der Waals surface area contributed by atoms with E-state index in [1.165, 1.54) is 51.4 Å². The van der Waals surface area contributed by atoms with Crippen LogP contribution in [0.15, 0.2) is 60.7 Å². The Labute approximate surface area is 380 Å². The van der Waals surface area contributed by atoms with Gasteiger partial charge in [0.1, 0.15) is 11.5 Å². The highest BCUT2D eigenvalue weighted by Crippen LogP contribution is 2.32. The summed E-state index contributed by atoms with van der Waals surface area (Å²) in [5.74, 6) is 1.22. The molecule has 62 heavy (non-hydrogen) atoms. The van der Waals surface area contributed by atoms with E-state index in [9.17, 15) is 14.7 Å². The first-order valence-corrected chi connectivity index (χ1v) is 22.9. The molecule has 2 bridgehead atoms. The Balaban J connectivity index is 0.000000235. The fraction of sp³-hybridized carbons (Fsp3) is 0.551. The zero-order valence-electron chi connectivity index (χ0n) is 36.6. The molecule has 0 unspecified atom stereocenters. The molecule has 1 amide bonds. The van der Waals surface area contributed by atoms with E-state index in [2.05, 4.69) is 68.7 Å². The van der Waals surface area contributed by atoms with Crippen molar-refractivity contribution in [1.29, 1.82) is 0 Å². The van der Waals surface area contributed by atoms with Crippen molar-refractivity contribution in [2.75, 3.05) is 19.6 Å². The van der Waals surface area contributed by atoms with E-state index in [-0.39, 0.29) is 42.5 Å². The number of unbranched alkanes of at least 4 members (excludes halogenated alkanes) is 2. The quantitative estimate of drug-likeness (QED) is 0.119. The van der Waals surface area contributed by atoms with Crippen LogP contribution in [0.5, 0.6) is 11.5 Å². The Morgan fingerprint density at radius 2 is 1.10 bits per heavy atom. The number of hydrogen-bond acceptors (Lipinski definition) is 9. The predicted molar refractivity (Wildman–Crippen MR) is 249 cm³/mol. The molecule has 13 heteroatoms. The summed E-state index contributed by atoms with van der Waals surface area (Å²) >= 11 is 0. The zero-order valence-corrected chi connectivity index (χ0v) is 38.2. The maximum absolute atomic E-state index is 13.1. The first kappa shape index (κ1) is 48.7. The third-order valence-electron chi connectivity index (χ3n) is 12.7. The molecule has 2 N–H and O–H groups in total. The normalized spacial score (nSPS) is 19.8. The van der Waals surface area contributed by atoms with Crippen LogP contribution < -0.4 is 14.8 Å². The van der Waals surface area contributed by atoms with Crippen LogP contribution in [0, 0.1) is 5.92 Å². The lowest BCUT2D eigenvalue weighted by Crippen LogP contribution is -2.57. The fourth-order valence-corrected chi connectivity index (χ4v) is 9.16. The second-order valence-corrected chi connectivity index (χ2v) is 17.2. The number of ether oxygens (including phenoxy) is 2. The first-order chi connectivity index (χ1) is 29.4. The van der Waals surface area contributed by atoms with Crippen LogP contribution in [0.25, 0.3) is 22.3 Å². The number of nitrogens with zero attached hydrogens (tertiary/aromatic N) is 5. The minimum Gasteiger partial charge on any atom is -0.490 e. The van der Waals surface area contributed by atoms with Crippen LogP contribution >= 0.6 is 24.8 Å². The molecule has 2 saturated carbocycles. The second-order valence-electron chi connectivity index (χ2n) is 17.2. The third-order valence-corrected chi connectivity index (χ3v) is 12.7. The lowest BCUT2D eigenvalue weighted by Gasteiger charge is -2.44. The highest BCUT2D eigenvalue weighted by molar-refractivity contribution is 5.93. The molecular formula is C49H66Cl2N6O5. The second kappa shape index (κ2) is 24.5. The zero-order chi connectivity index (χ0) is 41.7.